The number of benzene rings is 2. The van der Waals surface area contributed by atoms with Gasteiger partial charge in [0.05, 0.1) is 13.2 Å². The average molecular weight is 431 g/mol. The molecule has 0 radical (unpaired) electrons. The molecule has 0 unspecified atom stereocenters. The van der Waals surface area contributed by atoms with Crippen molar-refractivity contribution in [2.45, 2.75) is 32.5 Å². The molecule has 1 amide bonds. The van der Waals surface area contributed by atoms with Gasteiger partial charge in [0, 0.05) is 56.9 Å². The fourth-order valence-electron chi connectivity index (χ4n) is 4.68. The number of carbonyl (C=O) groups is 1. The van der Waals surface area contributed by atoms with Crippen LogP contribution in [0.3, 0.4) is 0 Å². The van der Waals surface area contributed by atoms with Gasteiger partial charge in [-0.3, -0.25) is 14.4 Å². The quantitative estimate of drug-likeness (QED) is 0.603. The number of hydrogen-bond acceptors (Lipinski definition) is 4. The fourth-order valence-corrected chi connectivity index (χ4v) is 4.68. The predicted octanol–water partition coefficient (Wildman–Crippen LogP) is 3.16. The number of ether oxygens (including phenoxy) is 1. The van der Waals surface area contributed by atoms with E-state index in [1.807, 2.05) is 17.0 Å². The number of fused-ring (bicyclic) bond motifs is 1. The first-order valence-electron chi connectivity index (χ1n) is 11.5. The van der Waals surface area contributed by atoms with Crippen LogP contribution in [0.1, 0.15) is 32.9 Å². The summed E-state index contributed by atoms with van der Waals surface area (Å²) < 4.78 is 7.54. The van der Waals surface area contributed by atoms with Gasteiger partial charge in [-0.25, -0.2) is 0 Å². The van der Waals surface area contributed by atoms with Crippen LogP contribution in [0.4, 0.5) is 0 Å². The Labute approximate surface area is 189 Å². The molecule has 5 rings (SSSR count). The summed E-state index contributed by atoms with van der Waals surface area (Å²) in [5.74, 6) is 0.0459. The predicted molar refractivity (Wildman–Crippen MR) is 123 cm³/mol. The Morgan fingerprint density at radius 1 is 0.906 bits per heavy atom. The molecule has 2 aromatic carbocycles. The lowest BCUT2D eigenvalue weighted by atomic mass is 10.0. The summed E-state index contributed by atoms with van der Waals surface area (Å²) in [5, 5.41) is 4.88. The zero-order valence-electron chi connectivity index (χ0n) is 18.4. The van der Waals surface area contributed by atoms with Gasteiger partial charge < -0.3 is 9.64 Å². The standard InChI is InChI=1S/C26H30N4O2/c31-26(29-15-17-32-18-16-29)25-23-20-28(19-22-9-5-2-6-10-22)13-12-24(23)30(27-25)14-11-21-7-3-1-4-8-21/h1-10H,11-20H2. The number of carbonyl (C=O) groups excluding carboxylic acids is 1. The van der Waals surface area contributed by atoms with Crippen LogP contribution in [0.25, 0.3) is 0 Å². The van der Waals surface area contributed by atoms with Crippen LogP contribution >= 0.6 is 0 Å². The van der Waals surface area contributed by atoms with Gasteiger partial charge in [-0.2, -0.15) is 5.10 Å². The monoisotopic (exact) mass is 430 g/mol. The molecule has 0 spiro atoms. The molecule has 6 heteroatoms. The summed E-state index contributed by atoms with van der Waals surface area (Å²) in [7, 11) is 0. The third-order valence-electron chi connectivity index (χ3n) is 6.42. The van der Waals surface area contributed by atoms with Crippen molar-refractivity contribution in [1.82, 2.24) is 19.6 Å². The SMILES string of the molecule is O=C(c1nn(CCc2ccccc2)c2c1CN(Cc1ccccc1)CC2)N1CCOCC1. The molecule has 0 N–H and O–H groups in total. The number of morpholine rings is 1. The number of amides is 1. The highest BCUT2D eigenvalue weighted by atomic mass is 16.5. The lowest BCUT2D eigenvalue weighted by Crippen LogP contribution is -2.41. The number of aromatic nitrogens is 2. The molecule has 6 nitrogen and oxygen atoms in total. The Morgan fingerprint density at radius 3 is 2.31 bits per heavy atom. The van der Waals surface area contributed by atoms with Crippen molar-refractivity contribution in [1.29, 1.82) is 0 Å². The lowest BCUT2D eigenvalue weighted by molar-refractivity contribution is 0.0297. The molecule has 3 aromatic rings. The van der Waals surface area contributed by atoms with E-state index in [1.165, 1.54) is 16.8 Å². The Hall–Kier alpha value is -2.96. The minimum Gasteiger partial charge on any atom is -0.378 e. The van der Waals surface area contributed by atoms with E-state index in [2.05, 4.69) is 58.1 Å². The van der Waals surface area contributed by atoms with Crippen LogP contribution < -0.4 is 0 Å². The molecule has 1 aromatic heterocycles. The first-order valence-corrected chi connectivity index (χ1v) is 11.5. The Kier molecular flexibility index (Phi) is 6.32. The molecule has 32 heavy (non-hydrogen) atoms. The summed E-state index contributed by atoms with van der Waals surface area (Å²) in [5.41, 5.74) is 5.55. The molecule has 3 heterocycles. The third-order valence-corrected chi connectivity index (χ3v) is 6.42. The second-order valence-electron chi connectivity index (χ2n) is 8.58. The molecular weight excluding hydrogens is 400 g/mol. The van der Waals surface area contributed by atoms with Gasteiger partial charge in [0.1, 0.15) is 0 Å². The van der Waals surface area contributed by atoms with Gasteiger partial charge >= 0.3 is 0 Å². The fraction of sp³-hybridized carbons (Fsp3) is 0.385. The van der Waals surface area contributed by atoms with E-state index in [0.29, 0.717) is 32.0 Å². The summed E-state index contributed by atoms with van der Waals surface area (Å²) in [4.78, 5) is 17.7. The topological polar surface area (TPSA) is 50.6 Å². The Bertz CT molecular complexity index is 1040. The Morgan fingerprint density at radius 2 is 1.59 bits per heavy atom. The minimum absolute atomic E-state index is 0.0459. The molecule has 1 saturated heterocycles. The highest BCUT2D eigenvalue weighted by molar-refractivity contribution is 5.94. The largest absolute Gasteiger partial charge is 0.378 e. The maximum Gasteiger partial charge on any atom is 0.274 e. The van der Waals surface area contributed by atoms with E-state index in [0.717, 1.165) is 44.6 Å². The maximum atomic E-state index is 13.4. The van der Waals surface area contributed by atoms with Crippen molar-refractivity contribution in [3.8, 4) is 0 Å². The summed E-state index contributed by atoms with van der Waals surface area (Å²) in [6.45, 7) is 5.90. The molecule has 2 aliphatic heterocycles. The number of rotatable bonds is 6. The van der Waals surface area contributed by atoms with E-state index in [4.69, 9.17) is 9.84 Å². The van der Waals surface area contributed by atoms with Crippen molar-refractivity contribution >= 4 is 5.91 Å². The van der Waals surface area contributed by atoms with Crippen LogP contribution in [0.2, 0.25) is 0 Å². The minimum atomic E-state index is 0.0459. The van der Waals surface area contributed by atoms with Crippen molar-refractivity contribution in [3.05, 3.63) is 88.7 Å². The van der Waals surface area contributed by atoms with Gasteiger partial charge in [0.2, 0.25) is 0 Å². The van der Waals surface area contributed by atoms with Crippen molar-refractivity contribution in [2.24, 2.45) is 0 Å². The van der Waals surface area contributed by atoms with Crippen LogP contribution in [-0.2, 0) is 37.2 Å². The van der Waals surface area contributed by atoms with Gasteiger partial charge in [-0.15, -0.1) is 0 Å². The zero-order valence-corrected chi connectivity index (χ0v) is 18.4. The average Bonchev–Trinajstić information content (AvgIpc) is 3.22. The van der Waals surface area contributed by atoms with Crippen molar-refractivity contribution in [3.63, 3.8) is 0 Å². The van der Waals surface area contributed by atoms with E-state index >= 15 is 0 Å². The second-order valence-corrected chi connectivity index (χ2v) is 8.58. The Balaban J connectivity index is 1.40. The lowest BCUT2D eigenvalue weighted by Gasteiger charge is -2.29. The second kappa shape index (κ2) is 9.67. The highest BCUT2D eigenvalue weighted by Crippen LogP contribution is 2.26. The first-order chi connectivity index (χ1) is 15.8. The van der Waals surface area contributed by atoms with Crippen molar-refractivity contribution in [2.75, 3.05) is 32.8 Å². The van der Waals surface area contributed by atoms with Crippen LogP contribution in [-0.4, -0.2) is 58.3 Å². The third kappa shape index (κ3) is 4.61. The highest BCUT2D eigenvalue weighted by Gasteiger charge is 2.31. The number of aryl methyl sites for hydroxylation is 2. The van der Waals surface area contributed by atoms with E-state index in [9.17, 15) is 4.79 Å². The number of nitrogens with zero attached hydrogens (tertiary/aromatic N) is 4. The van der Waals surface area contributed by atoms with Gasteiger partial charge in [-0.1, -0.05) is 60.7 Å². The van der Waals surface area contributed by atoms with Gasteiger partial charge in [-0.05, 0) is 17.5 Å². The van der Waals surface area contributed by atoms with Crippen LogP contribution in [0, 0.1) is 0 Å². The summed E-state index contributed by atoms with van der Waals surface area (Å²) in [6, 6.07) is 21.0. The zero-order chi connectivity index (χ0) is 21.8. The van der Waals surface area contributed by atoms with Crippen LogP contribution in [0.15, 0.2) is 60.7 Å². The molecular formula is C26H30N4O2. The molecule has 0 aliphatic carbocycles. The van der Waals surface area contributed by atoms with Crippen LogP contribution in [0.5, 0.6) is 0 Å². The first kappa shape index (κ1) is 20.9. The molecule has 0 atom stereocenters. The maximum absolute atomic E-state index is 13.4. The number of hydrogen-bond donors (Lipinski definition) is 0. The molecule has 0 saturated carbocycles. The van der Waals surface area contributed by atoms with Crippen molar-refractivity contribution < 1.29 is 9.53 Å². The smallest absolute Gasteiger partial charge is 0.274 e. The molecule has 2 aliphatic rings. The summed E-state index contributed by atoms with van der Waals surface area (Å²) >= 11 is 0. The molecule has 166 valence electrons. The van der Waals surface area contributed by atoms with E-state index < -0.39 is 0 Å². The van der Waals surface area contributed by atoms with E-state index in [1.54, 1.807) is 0 Å². The molecule has 1 fully saturated rings. The molecule has 0 bridgehead atoms. The van der Waals surface area contributed by atoms with E-state index in [-0.39, 0.29) is 5.91 Å². The van der Waals surface area contributed by atoms with Gasteiger partial charge in [0.25, 0.3) is 5.91 Å². The summed E-state index contributed by atoms with van der Waals surface area (Å²) in [6.07, 6.45) is 1.83. The normalized spacial score (nSPS) is 16.7. The van der Waals surface area contributed by atoms with Gasteiger partial charge in [0.15, 0.2) is 5.69 Å².